The first-order chi connectivity index (χ1) is 6.39. The summed E-state index contributed by atoms with van der Waals surface area (Å²) in [5, 5.41) is 3.26. The Kier molecular flexibility index (Phi) is 3.09. The van der Waals surface area contributed by atoms with Gasteiger partial charge in [-0.15, -0.1) is 0 Å². The highest BCUT2D eigenvalue weighted by atomic mass is 15.0. The van der Waals surface area contributed by atoms with Crippen molar-refractivity contribution in [3.63, 3.8) is 0 Å². The maximum atomic E-state index is 4.33. The Balaban J connectivity index is 2.79. The topological polar surface area (TPSA) is 37.8 Å². The van der Waals surface area contributed by atoms with Gasteiger partial charge in [0.15, 0.2) is 0 Å². The van der Waals surface area contributed by atoms with Gasteiger partial charge in [0.1, 0.15) is 5.82 Å². The van der Waals surface area contributed by atoms with Gasteiger partial charge < -0.3 is 5.32 Å². The van der Waals surface area contributed by atoms with Crippen LogP contribution >= 0.6 is 0 Å². The van der Waals surface area contributed by atoms with E-state index in [4.69, 9.17) is 0 Å². The number of rotatable bonds is 2. The van der Waals surface area contributed by atoms with Gasteiger partial charge in [0.25, 0.3) is 0 Å². The summed E-state index contributed by atoms with van der Waals surface area (Å²) in [5.74, 6) is 0.881. The first-order valence-corrected chi connectivity index (χ1v) is 4.98. The molecule has 1 aromatic rings. The Morgan fingerprint density at radius 2 is 1.64 bits per heavy atom. The van der Waals surface area contributed by atoms with Crippen LogP contribution in [0, 0.1) is 0 Å². The molecule has 0 fully saturated rings. The minimum absolute atomic E-state index is 0.0242. The number of nitrogens with zero attached hydrogens (tertiary/aromatic N) is 2. The zero-order valence-electron chi connectivity index (χ0n) is 9.63. The third kappa shape index (κ3) is 2.98. The zero-order valence-corrected chi connectivity index (χ0v) is 9.63. The van der Waals surface area contributed by atoms with Gasteiger partial charge in [-0.25, -0.2) is 9.97 Å². The van der Waals surface area contributed by atoms with Crippen LogP contribution in [0.3, 0.4) is 0 Å². The van der Waals surface area contributed by atoms with Crippen LogP contribution in [-0.2, 0) is 5.41 Å². The molecule has 1 heterocycles. The van der Waals surface area contributed by atoms with Gasteiger partial charge in [-0.3, -0.25) is 0 Å². The zero-order chi connectivity index (χ0) is 10.8. The monoisotopic (exact) mass is 193 g/mol. The molecule has 1 rings (SSSR count). The molecule has 1 N–H and O–H groups in total. The summed E-state index contributed by atoms with van der Waals surface area (Å²) < 4.78 is 0. The molecule has 0 aliphatic carbocycles. The third-order valence-electron chi connectivity index (χ3n) is 1.78. The molecule has 14 heavy (non-hydrogen) atoms. The fraction of sp³-hybridized carbons (Fsp3) is 0.636. The Bertz CT molecular complexity index is 282. The molecule has 0 amide bonds. The van der Waals surface area contributed by atoms with Gasteiger partial charge in [-0.2, -0.15) is 0 Å². The van der Waals surface area contributed by atoms with Crippen LogP contribution < -0.4 is 5.32 Å². The van der Waals surface area contributed by atoms with Crippen LogP contribution in [0.1, 0.15) is 40.4 Å². The summed E-state index contributed by atoms with van der Waals surface area (Å²) in [5.41, 5.74) is 1.00. The maximum absolute atomic E-state index is 4.33. The van der Waals surface area contributed by atoms with Gasteiger partial charge in [0, 0.05) is 11.5 Å². The molecule has 3 heteroatoms. The Morgan fingerprint density at radius 3 is 2.00 bits per heavy atom. The molecule has 78 valence electrons. The standard InChI is InChI=1S/C11H19N3/c1-8(2)14-9-6-12-10(13-7-9)11(3,4)5/h6-8,14H,1-5H3. The van der Waals surface area contributed by atoms with E-state index in [0.717, 1.165) is 11.5 Å². The summed E-state index contributed by atoms with van der Waals surface area (Å²) in [6.45, 7) is 10.5. The maximum Gasteiger partial charge on any atom is 0.133 e. The Morgan fingerprint density at radius 1 is 1.14 bits per heavy atom. The van der Waals surface area contributed by atoms with Gasteiger partial charge in [0.05, 0.1) is 18.1 Å². The smallest absolute Gasteiger partial charge is 0.133 e. The van der Waals surface area contributed by atoms with E-state index in [9.17, 15) is 0 Å². The summed E-state index contributed by atoms with van der Waals surface area (Å²) >= 11 is 0. The van der Waals surface area contributed by atoms with Crippen molar-refractivity contribution in [2.75, 3.05) is 5.32 Å². The molecule has 0 radical (unpaired) electrons. The lowest BCUT2D eigenvalue weighted by atomic mass is 9.96. The molecule has 0 saturated heterocycles. The first kappa shape index (κ1) is 11.0. The van der Waals surface area contributed by atoms with Gasteiger partial charge in [0.2, 0.25) is 0 Å². The van der Waals surface area contributed by atoms with Crippen molar-refractivity contribution in [2.24, 2.45) is 0 Å². The van der Waals surface area contributed by atoms with Crippen molar-refractivity contribution in [1.82, 2.24) is 9.97 Å². The molecule has 0 aromatic carbocycles. The molecule has 0 aliphatic heterocycles. The predicted octanol–water partition coefficient (Wildman–Crippen LogP) is 2.59. The van der Waals surface area contributed by atoms with Crippen molar-refractivity contribution >= 4 is 5.69 Å². The van der Waals surface area contributed by atoms with E-state index in [0.29, 0.717) is 6.04 Å². The highest BCUT2D eigenvalue weighted by Crippen LogP contribution is 2.18. The highest BCUT2D eigenvalue weighted by molar-refractivity contribution is 5.38. The van der Waals surface area contributed by atoms with Crippen molar-refractivity contribution in [3.8, 4) is 0 Å². The van der Waals surface area contributed by atoms with Crippen LogP contribution in [-0.4, -0.2) is 16.0 Å². The third-order valence-corrected chi connectivity index (χ3v) is 1.78. The van der Waals surface area contributed by atoms with Crippen LogP contribution in [0.15, 0.2) is 12.4 Å². The van der Waals surface area contributed by atoms with Crippen molar-refractivity contribution in [3.05, 3.63) is 18.2 Å². The van der Waals surface area contributed by atoms with E-state index < -0.39 is 0 Å². The van der Waals surface area contributed by atoms with E-state index in [2.05, 4.69) is 49.9 Å². The molecule has 0 unspecified atom stereocenters. The molecule has 1 aromatic heterocycles. The SMILES string of the molecule is CC(C)Nc1cnc(C(C)(C)C)nc1. The number of hydrogen-bond donors (Lipinski definition) is 1. The van der Waals surface area contributed by atoms with E-state index >= 15 is 0 Å². The summed E-state index contributed by atoms with van der Waals surface area (Å²) in [7, 11) is 0. The second kappa shape index (κ2) is 3.95. The fourth-order valence-corrected chi connectivity index (χ4v) is 1.12. The molecule has 0 saturated carbocycles. The lowest BCUT2D eigenvalue weighted by Crippen LogP contribution is -2.17. The second-order valence-corrected chi connectivity index (χ2v) is 4.84. The summed E-state index contributed by atoms with van der Waals surface area (Å²) in [4.78, 5) is 8.66. The van der Waals surface area contributed by atoms with Crippen LogP contribution in [0.25, 0.3) is 0 Å². The largest absolute Gasteiger partial charge is 0.380 e. The average Bonchev–Trinajstić information content (AvgIpc) is 2.02. The van der Waals surface area contributed by atoms with Gasteiger partial charge in [-0.05, 0) is 13.8 Å². The summed E-state index contributed by atoms with van der Waals surface area (Å²) in [6.07, 6.45) is 3.68. The fourth-order valence-electron chi connectivity index (χ4n) is 1.12. The molecule has 0 spiro atoms. The normalized spacial score (nSPS) is 11.9. The van der Waals surface area contributed by atoms with Crippen LogP contribution in [0.4, 0.5) is 5.69 Å². The van der Waals surface area contributed by atoms with Crippen LogP contribution in [0.2, 0.25) is 0 Å². The molecular weight excluding hydrogens is 174 g/mol. The predicted molar refractivity (Wildman–Crippen MR) is 59.5 cm³/mol. The van der Waals surface area contributed by atoms with Gasteiger partial charge in [-0.1, -0.05) is 20.8 Å². The minimum Gasteiger partial charge on any atom is -0.380 e. The molecule has 0 aliphatic rings. The quantitative estimate of drug-likeness (QED) is 0.784. The molecule has 3 nitrogen and oxygen atoms in total. The number of anilines is 1. The highest BCUT2D eigenvalue weighted by Gasteiger charge is 2.16. The molecular formula is C11H19N3. The average molecular weight is 193 g/mol. The lowest BCUT2D eigenvalue weighted by molar-refractivity contribution is 0.545. The Labute approximate surface area is 86.0 Å². The van der Waals surface area contributed by atoms with E-state index in [-0.39, 0.29) is 5.41 Å². The van der Waals surface area contributed by atoms with Gasteiger partial charge >= 0.3 is 0 Å². The van der Waals surface area contributed by atoms with Crippen molar-refractivity contribution in [1.29, 1.82) is 0 Å². The number of nitrogens with one attached hydrogen (secondary N) is 1. The first-order valence-electron chi connectivity index (χ1n) is 4.98. The van der Waals surface area contributed by atoms with E-state index in [1.807, 2.05) is 12.4 Å². The van der Waals surface area contributed by atoms with E-state index in [1.54, 1.807) is 0 Å². The Hall–Kier alpha value is -1.12. The second-order valence-electron chi connectivity index (χ2n) is 4.84. The minimum atomic E-state index is 0.0242. The number of aromatic nitrogens is 2. The summed E-state index contributed by atoms with van der Waals surface area (Å²) in [6, 6.07) is 0.416. The van der Waals surface area contributed by atoms with E-state index in [1.165, 1.54) is 0 Å². The van der Waals surface area contributed by atoms with Crippen molar-refractivity contribution in [2.45, 2.75) is 46.1 Å². The molecule has 0 bridgehead atoms. The van der Waals surface area contributed by atoms with Crippen molar-refractivity contribution < 1.29 is 0 Å². The lowest BCUT2D eigenvalue weighted by Gasteiger charge is -2.16. The number of hydrogen-bond acceptors (Lipinski definition) is 3. The molecule has 0 atom stereocenters. The van der Waals surface area contributed by atoms with Crippen LogP contribution in [0.5, 0.6) is 0 Å².